The quantitative estimate of drug-likeness (QED) is 0.549. The van der Waals surface area contributed by atoms with Crippen LogP contribution in [0.25, 0.3) is 0 Å². The fourth-order valence-electron chi connectivity index (χ4n) is 3.90. The van der Waals surface area contributed by atoms with E-state index in [0.717, 1.165) is 5.56 Å². The number of nitrogens with one attached hydrogen (secondary N) is 1. The summed E-state index contributed by atoms with van der Waals surface area (Å²) < 4.78 is 84.8. The standard InChI is InChI=1S/C23H22F6N2O4/c24-22(25,26)16-8-14(9-17(10-16)23(27,28)29)13-35-19-6-7-31(21(34)30-11-20(32)33)12-18(19)15-4-2-1-3-5-15/h1-5,8-10,18-19H,6-7,11-13H2,(H,30,34)(H,32,33)/t18-,19-/m1/s1. The number of halogens is 6. The van der Waals surface area contributed by atoms with Gasteiger partial charge in [-0.25, -0.2) is 4.79 Å². The van der Waals surface area contributed by atoms with Gasteiger partial charge in [-0.05, 0) is 35.7 Å². The number of carbonyl (C=O) groups excluding carboxylic acids is 1. The summed E-state index contributed by atoms with van der Waals surface area (Å²) in [6, 6.07) is 9.52. The molecular weight excluding hydrogens is 482 g/mol. The van der Waals surface area contributed by atoms with Gasteiger partial charge < -0.3 is 20.1 Å². The Balaban J connectivity index is 1.80. The van der Waals surface area contributed by atoms with Gasteiger partial charge in [-0.2, -0.15) is 26.3 Å². The number of urea groups is 1. The van der Waals surface area contributed by atoms with Gasteiger partial charge in [-0.3, -0.25) is 4.79 Å². The zero-order valence-electron chi connectivity index (χ0n) is 18.2. The molecule has 0 unspecified atom stereocenters. The second kappa shape index (κ2) is 10.5. The molecule has 0 radical (unpaired) electrons. The van der Waals surface area contributed by atoms with Gasteiger partial charge in [0.2, 0.25) is 0 Å². The molecule has 0 saturated carbocycles. The third kappa shape index (κ3) is 7.10. The predicted octanol–water partition coefficient (Wildman–Crippen LogP) is 4.89. The SMILES string of the molecule is O=C(O)CNC(=O)N1CC[C@@H](OCc2cc(C(F)(F)F)cc(C(F)(F)F)c2)[C@@H](c2ccccc2)C1. The van der Waals surface area contributed by atoms with Crippen LogP contribution < -0.4 is 5.32 Å². The van der Waals surface area contributed by atoms with E-state index in [1.54, 1.807) is 30.3 Å². The molecule has 0 aliphatic carbocycles. The van der Waals surface area contributed by atoms with E-state index in [-0.39, 0.29) is 31.1 Å². The van der Waals surface area contributed by atoms with Gasteiger partial charge in [0.05, 0.1) is 23.8 Å². The summed E-state index contributed by atoms with van der Waals surface area (Å²) in [6.07, 6.45) is -10.3. The Morgan fingerprint density at radius 1 is 1.00 bits per heavy atom. The van der Waals surface area contributed by atoms with Crippen LogP contribution in [0.2, 0.25) is 0 Å². The van der Waals surface area contributed by atoms with Gasteiger partial charge in [-0.15, -0.1) is 0 Å². The lowest BCUT2D eigenvalue weighted by atomic mass is 9.88. The predicted molar refractivity (Wildman–Crippen MR) is 111 cm³/mol. The zero-order valence-corrected chi connectivity index (χ0v) is 18.2. The van der Waals surface area contributed by atoms with Crippen LogP contribution in [0.1, 0.15) is 34.6 Å². The number of carboxylic acids is 1. The largest absolute Gasteiger partial charge is 0.480 e. The Bertz CT molecular complexity index is 1010. The van der Waals surface area contributed by atoms with Crippen molar-refractivity contribution < 1.29 is 45.8 Å². The van der Waals surface area contributed by atoms with E-state index in [0.29, 0.717) is 12.1 Å². The van der Waals surface area contributed by atoms with Crippen LogP contribution in [0.5, 0.6) is 0 Å². The van der Waals surface area contributed by atoms with E-state index in [2.05, 4.69) is 5.32 Å². The number of ether oxygens (including phenoxy) is 1. The van der Waals surface area contributed by atoms with Crippen molar-refractivity contribution in [1.29, 1.82) is 0 Å². The van der Waals surface area contributed by atoms with Crippen LogP contribution in [-0.4, -0.2) is 47.7 Å². The molecule has 2 aromatic rings. The number of amides is 2. The highest BCUT2D eigenvalue weighted by Gasteiger charge is 2.37. The van der Waals surface area contributed by atoms with E-state index in [1.807, 2.05) is 0 Å². The number of likely N-dealkylation sites (tertiary alicyclic amines) is 1. The molecule has 0 spiro atoms. The molecule has 1 aliphatic rings. The lowest BCUT2D eigenvalue weighted by Crippen LogP contribution is -2.50. The van der Waals surface area contributed by atoms with Crippen LogP contribution in [-0.2, 0) is 28.5 Å². The van der Waals surface area contributed by atoms with Crippen molar-refractivity contribution in [1.82, 2.24) is 10.2 Å². The fourth-order valence-corrected chi connectivity index (χ4v) is 3.90. The highest BCUT2D eigenvalue weighted by molar-refractivity contribution is 5.80. The average Bonchev–Trinajstić information content (AvgIpc) is 2.80. The lowest BCUT2D eigenvalue weighted by Gasteiger charge is -2.38. The molecule has 1 saturated heterocycles. The van der Waals surface area contributed by atoms with Gasteiger partial charge in [0.1, 0.15) is 6.54 Å². The van der Waals surface area contributed by atoms with E-state index >= 15 is 0 Å². The Morgan fingerprint density at radius 3 is 2.14 bits per heavy atom. The third-order valence-electron chi connectivity index (χ3n) is 5.57. The van der Waals surface area contributed by atoms with Gasteiger partial charge in [0.25, 0.3) is 0 Å². The summed E-state index contributed by atoms with van der Waals surface area (Å²) in [6.45, 7) is -0.777. The molecule has 6 nitrogen and oxygen atoms in total. The maximum absolute atomic E-state index is 13.2. The van der Waals surface area contributed by atoms with Crippen molar-refractivity contribution in [2.75, 3.05) is 19.6 Å². The van der Waals surface area contributed by atoms with Crippen LogP contribution in [0.4, 0.5) is 31.1 Å². The highest BCUT2D eigenvalue weighted by Crippen LogP contribution is 2.37. The molecule has 1 fully saturated rings. The van der Waals surface area contributed by atoms with E-state index in [9.17, 15) is 35.9 Å². The number of nitrogens with zero attached hydrogens (tertiary/aromatic N) is 1. The summed E-state index contributed by atoms with van der Waals surface area (Å²) in [5.74, 6) is -1.65. The number of rotatable bonds is 6. The van der Waals surface area contributed by atoms with Crippen molar-refractivity contribution >= 4 is 12.0 Å². The van der Waals surface area contributed by atoms with Crippen LogP contribution in [0, 0.1) is 0 Å². The highest BCUT2D eigenvalue weighted by atomic mass is 19.4. The van der Waals surface area contributed by atoms with Crippen LogP contribution >= 0.6 is 0 Å². The molecular formula is C23H22F6N2O4. The van der Waals surface area contributed by atoms with Gasteiger partial charge in [0.15, 0.2) is 0 Å². The van der Waals surface area contributed by atoms with Gasteiger partial charge >= 0.3 is 24.4 Å². The molecule has 2 aromatic carbocycles. The normalized spacial score (nSPS) is 18.9. The minimum Gasteiger partial charge on any atom is -0.480 e. The Morgan fingerprint density at radius 2 is 1.60 bits per heavy atom. The van der Waals surface area contributed by atoms with Crippen molar-refractivity contribution in [3.05, 3.63) is 70.8 Å². The second-order valence-electron chi connectivity index (χ2n) is 8.07. The summed E-state index contributed by atoms with van der Waals surface area (Å²) in [5, 5.41) is 11.0. The van der Waals surface area contributed by atoms with Gasteiger partial charge in [0, 0.05) is 19.0 Å². The Kier molecular flexibility index (Phi) is 7.93. The molecule has 3 rings (SSSR count). The number of hydrogen-bond acceptors (Lipinski definition) is 3. The third-order valence-corrected chi connectivity index (χ3v) is 5.57. The molecule has 190 valence electrons. The topological polar surface area (TPSA) is 78.9 Å². The Labute approximate surface area is 196 Å². The molecule has 2 N–H and O–H groups in total. The number of aliphatic carboxylic acids is 1. The zero-order chi connectivity index (χ0) is 25.8. The molecule has 0 aromatic heterocycles. The summed E-state index contributed by atoms with van der Waals surface area (Å²) >= 11 is 0. The maximum atomic E-state index is 13.2. The number of carboxylic acid groups (broad SMARTS) is 1. The van der Waals surface area contributed by atoms with Gasteiger partial charge in [-0.1, -0.05) is 30.3 Å². The second-order valence-corrected chi connectivity index (χ2v) is 8.07. The fraction of sp³-hybridized carbons (Fsp3) is 0.391. The van der Waals surface area contributed by atoms with Crippen molar-refractivity contribution in [2.45, 2.75) is 37.4 Å². The molecule has 1 heterocycles. The lowest BCUT2D eigenvalue weighted by molar-refractivity contribution is -0.143. The monoisotopic (exact) mass is 504 g/mol. The number of benzene rings is 2. The van der Waals surface area contributed by atoms with E-state index < -0.39 is 60.7 Å². The number of hydrogen-bond donors (Lipinski definition) is 2. The minimum atomic E-state index is -4.96. The smallest absolute Gasteiger partial charge is 0.416 e. The Hall–Kier alpha value is -3.28. The number of alkyl halides is 6. The number of carbonyl (C=O) groups is 2. The van der Waals surface area contributed by atoms with E-state index in [1.165, 1.54) is 4.90 Å². The first-order valence-electron chi connectivity index (χ1n) is 10.5. The summed E-state index contributed by atoms with van der Waals surface area (Å²) in [5.41, 5.74) is -2.36. The molecule has 2 atom stereocenters. The number of piperidine rings is 1. The van der Waals surface area contributed by atoms with Crippen molar-refractivity contribution in [3.8, 4) is 0 Å². The van der Waals surface area contributed by atoms with Crippen LogP contribution in [0.3, 0.4) is 0 Å². The molecule has 2 amide bonds. The minimum absolute atomic E-state index is 0.0600. The van der Waals surface area contributed by atoms with Crippen molar-refractivity contribution in [3.63, 3.8) is 0 Å². The molecule has 1 aliphatic heterocycles. The molecule has 35 heavy (non-hydrogen) atoms. The average molecular weight is 504 g/mol. The molecule has 12 heteroatoms. The first-order valence-corrected chi connectivity index (χ1v) is 10.5. The molecule has 0 bridgehead atoms. The van der Waals surface area contributed by atoms with Crippen LogP contribution in [0.15, 0.2) is 48.5 Å². The maximum Gasteiger partial charge on any atom is 0.416 e. The summed E-state index contributed by atoms with van der Waals surface area (Å²) in [4.78, 5) is 24.4. The van der Waals surface area contributed by atoms with Crippen molar-refractivity contribution in [2.24, 2.45) is 0 Å². The first-order chi connectivity index (χ1) is 16.3. The first kappa shape index (κ1) is 26.3. The van der Waals surface area contributed by atoms with E-state index in [4.69, 9.17) is 9.84 Å². The summed E-state index contributed by atoms with van der Waals surface area (Å²) in [7, 11) is 0.